The standard InChI is InChI=1S/C25H32N6O4/c1-4-21(25(33)26-18-8-6-7-9-18)31(19-11-13-20(14-12-19)34-5-2)23(32)16-30-28-24(27-29-30)22-15-10-17(3)35-22/h10-15,18,21H,4-9,16H2,1-3H3,(H,26,33)/t21-/m1/s1. The van der Waals surface area contributed by atoms with E-state index in [0.717, 1.165) is 31.4 Å². The Labute approximate surface area is 204 Å². The highest BCUT2D eigenvalue weighted by atomic mass is 16.5. The van der Waals surface area contributed by atoms with Crippen molar-refractivity contribution in [3.05, 3.63) is 42.2 Å². The van der Waals surface area contributed by atoms with E-state index in [9.17, 15) is 9.59 Å². The van der Waals surface area contributed by atoms with Crippen LogP contribution in [0.3, 0.4) is 0 Å². The molecule has 1 aliphatic carbocycles. The molecular weight excluding hydrogens is 448 g/mol. The fourth-order valence-electron chi connectivity index (χ4n) is 4.38. The summed E-state index contributed by atoms with van der Waals surface area (Å²) >= 11 is 0. The van der Waals surface area contributed by atoms with Crippen molar-refractivity contribution in [2.75, 3.05) is 11.5 Å². The van der Waals surface area contributed by atoms with Crippen molar-refractivity contribution in [2.45, 2.75) is 71.5 Å². The summed E-state index contributed by atoms with van der Waals surface area (Å²) in [6, 6.07) is 10.2. The topological polar surface area (TPSA) is 115 Å². The van der Waals surface area contributed by atoms with Gasteiger partial charge in [0.15, 0.2) is 5.76 Å². The molecule has 1 aromatic carbocycles. The third kappa shape index (κ3) is 5.87. The third-order valence-electron chi connectivity index (χ3n) is 6.09. The number of hydrogen-bond donors (Lipinski definition) is 1. The molecule has 35 heavy (non-hydrogen) atoms. The molecule has 4 rings (SSSR count). The Kier molecular flexibility index (Phi) is 7.79. The Bertz CT molecular complexity index is 1130. The smallest absolute Gasteiger partial charge is 0.251 e. The van der Waals surface area contributed by atoms with E-state index in [0.29, 0.717) is 36.0 Å². The van der Waals surface area contributed by atoms with Crippen LogP contribution in [0, 0.1) is 6.92 Å². The van der Waals surface area contributed by atoms with Crippen LogP contribution >= 0.6 is 0 Å². The molecule has 1 atom stereocenters. The Morgan fingerprint density at radius 2 is 1.91 bits per heavy atom. The van der Waals surface area contributed by atoms with Crippen molar-refractivity contribution < 1.29 is 18.7 Å². The molecule has 0 bridgehead atoms. The van der Waals surface area contributed by atoms with Crippen molar-refractivity contribution in [3.8, 4) is 17.3 Å². The maximum absolute atomic E-state index is 13.6. The minimum Gasteiger partial charge on any atom is -0.494 e. The molecule has 0 saturated heterocycles. The van der Waals surface area contributed by atoms with E-state index < -0.39 is 6.04 Å². The highest BCUT2D eigenvalue weighted by Crippen LogP contribution is 2.25. The molecule has 1 N–H and O–H groups in total. The Hall–Kier alpha value is -3.69. The van der Waals surface area contributed by atoms with Crippen LogP contribution in [0.1, 0.15) is 51.7 Å². The number of rotatable bonds is 10. The van der Waals surface area contributed by atoms with E-state index in [2.05, 4.69) is 20.7 Å². The lowest BCUT2D eigenvalue weighted by atomic mass is 10.1. The fourth-order valence-corrected chi connectivity index (χ4v) is 4.38. The second kappa shape index (κ2) is 11.2. The van der Waals surface area contributed by atoms with Crippen molar-refractivity contribution >= 4 is 17.5 Å². The monoisotopic (exact) mass is 480 g/mol. The molecule has 0 unspecified atom stereocenters. The lowest BCUT2D eigenvalue weighted by Gasteiger charge is -2.31. The van der Waals surface area contributed by atoms with E-state index in [1.54, 1.807) is 30.3 Å². The van der Waals surface area contributed by atoms with Crippen molar-refractivity contribution in [2.24, 2.45) is 0 Å². The van der Waals surface area contributed by atoms with Crippen molar-refractivity contribution in [1.29, 1.82) is 0 Å². The molecule has 2 amide bonds. The van der Waals surface area contributed by atoms with Crippen LogP contribution in [0.4, 0.5) is 5.69 Å². The third-order valence-corrected chi connectivity index (χ3v) is 6.09. The summed E-state index contributed by atoms with van der Waals surface area (Å²) in [5, 5.41) is 15.5. The quantitative estimate of drug-likeness (QED) is 0.472. The van der Waals surface area contributed by atoms with E-state index in [-0.39, 0.29) is 24.4 Å². The highest BCUT2D eigenvalue weighted by Gasteiger charge is 2.32. The summed E-state index contributed by atoms with van der Waals surface area (Å²) in [5.41, 5.74) is 0.605. The average Bonchev–Trinajstić information content (AvgIpc) is 3.61. The Morgan fingerprint density at radius 1 is 1.17 bits per heavy atom. The first kappa shape index (κ1) is 24.4. The molecule has 1 aliphatic rings. The zero-order valence-corrected chi connectivity index (χ0v) is 20.4. The summed E-state index contributed by atoms with van der Waals surface area (Å²) in [7, 11) is 0. The van der Waals surface area contributed by atoms with Crippen LogP contribution in [0.5, 0.6) is 5.75 Å². The van der Waals surface area contributed by atoms with Crippen LogP contribution in [0.2, 0.25) is 0 Å². The number of furan rings is 1. The molecule has 10 nitrogen and oxygen atoms in total. The number of anilines is 1. The molecule has 2 heterocycles. The minimum absolute atomic E-state index is 0.153. The second-order valence-electron chi connectivity index (χ2n) is 8.66. The molecule has 2 aromatic heterocycles. The average molecular weight is 481 g/mol. The fraction of sp³-hybridized carbons (Fsp3) is 0.480. The van der Waals surface area contributed by atoms with Gasteiger partial charge in [-0.25, -0.2) is 0 Å². The lowest BCUT2D eigenvalue weighted by Crippen LogP contribution is -2.52. The Balaban J connectivity index is 1.57. The van der Waals surface area contributed by atoms with E-state index in [1.165, 1.54) is 9.70 Å². The van der Waals surface area contributed by atoms with Gasteiger partial charge >= 0.3 is 0 Å². The number of amides is 2. The first-order chi connectivity index (χ1) is 17.0. The number of carbonyl (C=O) groups excluding carboxylic acids is 2. The van der Waals surface area contributed by atoms with Gasteiger partial charge in [-0.2, -0.15) is 4.80 Å². The van der Waals surface area contributed by atoms with Gasteiger partial charge in [-0.1, -0.05) is 19.8 Å². The van der Waals surface area contributed by atoms with Gasteiger partial charge < -0.3 is 14.5 Å². The summed E-state index contributed by atoms with van der Waals surface area (Å²) < 4.78 is 11.1. The first-order valence-corrected chi connectivity index (χ1v) is 12.2. The maximum Gasteiger partial charge on any atom is 0.251 e. The summed E-state index contributed by atoms with van der Waals surface area (Å²) in [4.78, 5) is 29.6. The number of aryl methyl sites for hydroxylation is 1. The van der Waals surface area contributed by atoms with Gasteiger partial charge in [0.2, 0.25) is 11.7 Å². The highest BCUT2D eigenvalue weighted by molar-refractivity contribution is 6.00. The molecule has 0 spiro atoms. The van der Waals surface area contributed by atoms with Crippen LogP contribution in [0.25, 0.3) is 11.6 Å². The molecule has 0 aliphatic heterocycles. The summed E-state index contributed by atoms with van der Waals surface area (Å²) in [5.74, 6) is 1.73. The van der Waals surface area contributed by atoms with Crippen LogP contribution < -0.4 is 15.0 Å². The van der Waals surface area contributed by atoms with Crippen molar-refractivity contribution in [1.82, 2.24) is 25.5 Å². The van der Waals surface area contributed by atoms with E-state index >= 15 is 0 Å². The lowest BCUT2D eigenvalue weighted by molar-refractivity contribution is -0.127. The number of benzene rings is 1. The van der Waals surface area contributed by atoms with Gasteiger partial charge in [0.05, 0.1) is 6.61 Å². The summed E-state index contributed by atoms with van der Waals surface area (Å²) in [6.45, 7) is 6.01. The van der Waals surface area contributed by atoms with E-state index in [4.69, 9.17) is 9.15 Å². The number of aromatic nitrogens is 4. The van der Waals surface area contributed by atoms with Crippen LogP contribution in [-0.2, 0) is 16.1 Å². The zero-order valence-electron chi connectivity index (χ0n) is 20.4. The normalized spacial score (nSPS) is 14.6. The summed E-state index contributed by atoms with van der Waals surface area (Å²) in [6.07, 6.45) is 4.62. The molecule has 3 aromatic rings. The van der Waals surface area contributed by atoms with Gasteiger partial charge in [-0.05, 0) is 74.7 Å². The van der Waals surface area contributed by atoms with Gasteiger partial charge in [-0.3, -0.25) is 14.5 Å². The molecule has 10 heteroatoms. The van der Waals surface area contributed by atoms with Gasteiger partial charge in [0.25, 0.3) is 5.91 Å². The van der Waals surface area contributed by atoms with Crippen LogP contribution in [0.15, 0.2) is 40.8 Å². The second-order valence-corrected chi connectivity index (χ2v) is 8.66. The van der Waals surface area contributed by atoms with Gasteiger partial charge in [0.1, 0.15) is 24.1 Å². The number of nitrogens with one attached hydrogen (secondary N) is 1. The maximum atomic E-state index is 13.6. The largest absolute Gasteiger partial charge is 0.494 e. The van der Waals surface area contributed by atoms with E-state index in [1.807, 2.05) is 26.8 Å². The van der Waals surface area contributed by atoms with Crippen molar-refractivity contribution in [3.63, 3.8) is 0 Å². The van der Waals surface area contributed by atoms with Gasteiger partial charge in [0, 0.05) is 11.7 Å². The molecule has 0 radical (unpaired) electrons. The SMILES string of the molecule is CCOc1ccc(N(C(=O)Cn2nnc(-c3ccc(C)o3)n2)[C@H](CC)C(=O)NC2CCCC2)cc1. The molecular formula is C25H32N6O4. The van der Waals surface area contributed by atoms with Gasteiger partial charge in [-0.15, -0.1) is 10.2 Å². The zero-order chi connectivity index (χ0) is 24.8. The molecule has 186 valence electrons. The number of tetrazole rings is 1. The minimum atomic E-state index is -0.670. The van der Waals surface area contributed by atoms with Crippen LogP contribution in [-0.4, -0.2) is 50.7 Å². The predicted molar refractivity (Wildman–Crippen MR) is 130 cm³/mol. The number of hydrogen-bond acceptors (Lipinski definition) is 7. The predicted octanol–water partition coefficient (Wildman–Crippen LogP) is 3.51. The first-order valence-electron chi connectivity index (χ1n) is 12.2. The molecule has 1 fully saturated rings. The number of ether oxygens (including phenoxy) is 1. The Morgan fingerprint density at radius 3 is 2.54 bits per heavy atom. The number of carbonyl (C=O) groups is 2. The number of nitrogens with zero attached hydrogens (tertiary/aromatic N) is 5. The molecule has 1 saturated carbocycles.